The van der Waals surface area contributed by atoms with Crippen molar-refractivity contribution in [3.63, 3.8) is 0 Å². The van der Waals surface area contributed by atoms with Gasteiger partial charge in [-0.2, -0.15) is 0 Å². The molecule has 1 aromatic rings. The summed E-state index contributed by atoms with van der Waals surface area (Å²) in [6.07, 6.45) is 3.01. The van der Waals surface area contributed by atoms with E-state index in [9.17, 15) is 14.7 Å². The highest BCUT2D eigenvalue weighted by molar-refractivity contribution is 5.88. The van der Waals surface area contributed by atoms with Crippen LogP contribution in [-0.2, 0) is 16.0 Å². The summed E-state index contributed by atoms with van der Waals surface area (Å²) in [6, 6.07) is 9.34. The smallest absolute Gasteiger partial charge is 0.329 e. The fourth-order valence-corrected chi connectivity index (χ4v) is 2.46. The molecule has 0 unspecified atom stereocenters. The Kier molecular flexibility index (Phi) is 3.65. The van der Waals surface area contributed by atoms with Gasteiger partial charge in [0.15, 0.2) is 0 Å². The first-order valence-electron chi connectivity index (χ1n) is 6.21. The molecule has 0 atom stereocenters. The summed E-state index contributed by atoms with van der Waals surface area (Å²) >= 11 is 0. The maximum Gasteiger partial charge on any atom is 0.329 e. The van der Waals surface area contributed by atoms with Gasteiger partial charge in [0.2, 0.25) is 5.91 Å². The molecule has 4 heteroatoms. The third kappa shape index (κ3) is 2.70. The molecule has 1 aliphatic carbocycles. The van der Waals surface area contributed by atoms with Gasteiger partial charge >= 0.3 is 5.97 Å². The number of benzene rings is 1. The number of carbonyl (C=O) groups excluding carboxylic acids is 1. The highest BCUT2D eigenvalue weighted by Crippen LogP contribution is 2.29. The summed E-state index contributed by atoms with van der Waals surface area (Å²) in [7, 11) is 0. The standard InChI is InChI=1S/C14H17NO3/c16-12(10-11-6-2-1-3-7-11)15-14(13(17)18)8-4-5-9-14/h1-3,6-7H,4-5,8-10H2,(H,15,16)(H,17,18). The minimum Gasteiger partial charge on any atom is -0.480 e. The van der Waals surface area contributed by atoms with Crippen LogP contribution in [0.2, 0.25) is 0 Å². The molecule has 96 valence electrons. The molecule has 1 aromatic carbocycles. The second-order valence-electron chi connectivity index (χ2n) is 4.80. The Morgan fingerprint density at radius 1 is 1.17 bits per heavy atom. The Morgan fingerprint density at radius 3 is 2.33 bits per heavy atom. The summed E-state index contributed by atoms with van der Waals surface area (Å²) in [5.41, 5.74) is -0.139. The molecule has 0 heterocycles. The molecule has 0 saturated heterocycles. The summed E-state index contributed by atoms with van der Waals surface area (Å²) < 4.78 is 0. The molecule has 0 aromatic heterocycles. The SMILES string of the molecule is O=C(Cc1ccccc1)NC1(C(=O)O)CCCC1. The van der Waals surface area contributed by atoms with Gasteiger partial charge in [-0.1, -0.05) is 43.2 Å². The lowest BCUT2D eigenvalue weighted by Crippen LogP contribution is -2.52. The van der Waals surface area contributed by atoms with Crippen LogP contribution in [0.15, 0.2) is 30.3 Å². The lowest BCUT2D eigenvalue weighted by Gasteiger charge is -2.25. The second-order valence-corrected chi connectivity index (χ2v) is 4.80. The van der Waals surface area contributed by atoms with Crippen LogP contribution in [0.5, 0.6) is 0 Å². The van der Waals surface area contributed by atoms with Crippen molar-refractivity contribution >= 4 is 11.9 Å². The Morgan fingerprint density at radius 2 is 1.78 bits per heavy atom. The number of aliphatic carboxylic acids is 1. The van der Waals surface area contributed by atoms with Crippen LogP contribution >= 0.6 is 0 Å². The molecular formula is C14H17NO3. The summed E-state index contributed by atoms with van der Waals surface area (Å²) in [4.78, 5) is 23.2. The number of hydrogen-bond donors (Lipinski definition) is 2. The van der Waals surface area contributed by atoms with Gasteiger partial charge in [0, 0.05) is 0 Å². The van der Waals surface area contributed by atoms with E-state index in [-0.39, 0.29) is 12.3 Å². The number of rotatable bonds is 4. The Balaban J connectivity index is 2.00. The quantitative estimate of drug-likeness (QED) is 0.851. The molecule has 18 heavy (non-hydrogen) atoms. The Bertz CT molecular complexity index is 436. The van der Waals surface area contributed by atoms with Crippen molar-refractivity contribution in [2.75, 3.05) is 0 Å². The van der Waals surface area contributed by atoms with E-state index in [0.717, 1.165) is 18.4 Å². The minimum absolute atomic E-state index is 0.217. The number of hydrogen-bond acceptors (Lipinski definition) is 2. The van der Waals surface area contributed by atoms with Crippen molar-refractivity contribution in [2.45, 2.75) is 37.6 Å². The van der Waals surface area contributed by atoms with Crippen LogP contribution in [0.3, 0.4) is 0 Å². The van der Waals surface area contributed by atoms with Crippen molar-refractivity contribution in [3.05, 3.63) is 35.9 Å². The van der Waals surface area contributed by atoms with Crippen LogP contribution in [0, 0.1) is 0 Å². The molecule has 0 spiro atoms. The predicted octanol–water partition coefficient (Wildman–Crippen LogP) is 1.74. The molecule has 1 aliphatic rings. The van der Waals surface area contributed by atoms with Crippen LogP contribution in [0.1, 0.15) is 31.2 Å². The fourth-order valence-electron chi connectivity index (χ4n) is 2.46. The zero-order valence-electron chi connectivity index (χ0n) is 10.2. The van der Waals surface area contributed by atoms with Gasteiger partial charge in [-0.05, 0) is 18.4 Å². The Labute approximate surface area is 106 Å². The topological polar surface area (TPSA) is 66.4 Å². The van der Waals surface area contributed by atoms with E-state index in [1.807, 2.05) is 30.3 Å². The average molecular weight is 247 g/mol. The maximum atomic E-state index is 11.9. The van der Waals surface area contributed by atoms with E-state index in [2.05, 4.69) is 5.32 Å². The van der Waals surface area contributed by atoms with Crippen molar-refractivity contribution in [1.82, 2.24) is 5.32 Å². The first-order valence-corrected chi connectivity index (χ1v) is 6.21. The van der Waals surface area contributed by atoms with E-state index in [4.69, 9.17) is 0 Å². The lowest BCUT2D eigenvalue weighted by atomic mass is 9.97. The van der Waals surface area contributed by atoms with Gasteiger partial charge in [-0.3, -0.25) is 4.79 Å². The first kappa shape index (κ1) is 12.6. The third-order valence-corrected chi connectivity index (χ3v) is 3.45. The summed E-state index contributed by atoms with van der Waals surface area (Å²) in [5, 5.41) is 12.0. The number of carboxylic acid groups (broad SMARTS) is 1. The molecule has 2 rings (SSSR count). The van der Waals surface area contributed by atoms with Gasteiger partial charge in [-0.25, -0.2) is 4.79 Å². The molecule has 2 N–H and O–H groups in total. The molecule has 0 aliphatic heterocycles. The van der Waals surface area contributed by atoms with E-state index in [1.54, 1.807) is 0 Å². The number of carbonyl (C=O) groups is 2. The molecule has 0 bridgehead atoms. The largest absolute Gasteiger partial charge is 0.480 e. The average Bonchev–Trinajstić information content (AvgIpc) is 2.80. The van der Waals surface area contributed by atoms with Crippen LogP contribution < -0.4 is 5.32 Å². The van der Waals surface area contributed by atoms with E-state index in [1.165, 1.54) is 0 Å². The highest BCUT2D eigenvalue weighted by atomic mass is 16.4. The molecule has 1 amide bonds. The monoisotopic (exact) mass is 247 g/mol. The molecule has 0 radical (unpaired) electrons. The van der Waals surface area contributed by atoms with E-state index < -0.39 is 11.5 Å². The van der Waals surface area contributed by atoms with Crippen LogP contribution in [-0.4, -0.2) is 22.5 Å². The summed E-state index contributed by atoms with van der Waals surface area (Å²) in [5.74, 6) is -1.13. The summed E-state index contributed by atoms with van der Waals surface area (Å²) in [6.45, 7) is 0. The number of amides is 1. The van der Waals surface area contributed by atoms with Gasteiger partial charge in [-0.15, -0.1) is 0 Å². The zero-order chi connectivity index (χ0) is 13.0. The number of carboxylic acids is 1. The van der Waals surface area contributed by atoms with Crippen LogP contribution in [0.4, 0.5) is 0 Å². The normalized spacial score (nSPS) is 17.3. The van der Waals surface area contributed by atoms with Crippen LogP contribution in [0.25, 0.3) is 0 Å². The lowest BCUT2D eigenvalue weighted by molar-refractivity contribution is -0.147. The van der Waals surface area contributed by atoms with Crippen molar-refractivity contribution in [2.24, 2.45) is 0 Å². The highest BCUT2D eigenvalue weighted by Gasteiger charge is 2.42. The zero-order valence-corrected chi connectivity index (χ0v) is 10.2. The van der Waals surface area contributed by atoms with Gasteiger partial charge < -0.3 is 10.4 Å². The third-order valence-electron chi connectivity index (χ3n) is 3.45. The second kappa shape index (κ2) is 5.21. The molecule has 1 fully saturated rings. The van der Waals surface area contributed by atoms with Gasteiger partial charge in [0.05, 0.1) is 6.42 Å². The molecule has 4 nitrogen and oxygen atoms in total. The fraction of sp³-hybridized carbons (Fsp3) is 0.429. The number of nitrogens with one attached hydrogen (secondary N) is 1. The Hall–Kier alpha value is -1.84. The van der Waals surface area contributed by atoms with Gasteiger partial charge in [0.25, 0.3) is 0 Å². The predicted molar refractivity (Wildman–Crippen MR) is 67.1 cm³/mol. The minimum atomic E-state index is -1.04. The maximum absolute atomic E-state index is 11.9. The molecule has 1 saturated carbocycles. The first-order chi connectivity index (χ1) is 8.62. The van der Waals surface area contributed by atoms with Gasteiger partial charge in [0.1, 0.15) is 5.54 Å². The van der Waals surface area contributed by atoms with Crippen molar-refractivity contribution in [3.8, 4) is 0 Å². The van der Waals surface area contributed by atoms with E-state index in [0.29, 0.717) is 12.8 Å². The van der Waals surface area contributed by atoms with E-state index >= 15 is 0 Å². The molecular weight excluding hydrogens is 230 g/mol. The van der Waals surface area contributed by atoms with Crippen molar-refractivity contribution < 1.29 is 14.7 Å². The van der Waals surface area contributed by atoms with Crippen molar-refractivity contribution in [1.29, 1.82) is 0 Å².